The van der Waals surface area contributed by atoms with Crippen molar-refractivity contribution in [3.05, 3.63) is 29.8 Å². The highest BCUT2D eigenvalue weighted by atomic mass is 16.2. The van der Waals surface area contributed by atoms with Gasteiger partial charge in [-0.1, -0.05) is 12.1 Å². The van der Waals surface area contributed by atoms with Crippen molar-refractivity contribution in [3.8, 4) is 0 Å². The third-order valence-electron chi connectivity index (χ3n) is 2.29. The van der Waals surface area contributed by atoms with Gasteiger partial charge in [-0.15, -0.1) is 0 Å². The van der Waals surface area contributed by atoms with Crippen molar-refractivity contribution in [2.45, 2.75) is 19.3 Å². The van der Waals surface area contributed by atoms with Crippen molar-refractivity contribution in [1.29, 1.82) is 0 Å². The summed E-state index contributed by atoms with van der Waals surface area (Å²) >= 11 is 0. The lowest BCUT2D eigenvalue weighted by molar-refractivity contribution is 0.299. The average molecular weight is 208 g/mol. The summed E-state index contributed by atoms with van der Waals surface area (Å²) < 4.78 is 0. The molecule has 0 atom stereocenters. The summed E-state index contributed by atoms with van der Waals surface area (Å²) in [4.78, 5) is 0. The van der Waals surface area contributed by atoms with Crippen LogP contribution < -0.4 is 11.1 Å². The molecule has 0 heterocycles. The zero-order valence-corrected chi connectivity index (χ0v) is 9.08. The van der Waals surface area contributed by atoms with E-state index in [-0.39, 0.29) is 6.61 Å². The molecule has 0 aliphatic carbocycles. The fraction of sp³-hybridized carbons (Fsp3) is 0.500. The summed E-state index contributed by atoms with van der Waals surface area (Å²) in [7, 11) is 0. The standard InChI is InChI=1S/C12H20N2O/c13-7-1-2-8-14-12-5-3-4-11(10-12)6-9-15/h3-5,10,14-15H,1-2,6-9,13H2. The lowest BCUT2D eigenvalue weighted by atomic mass is 10.1. The van der Waals surface area contributed by atoms with Crippen LogP contribution in [0.25, 0.3) is 0 Å². The number of hydrogen-bond acceptors (Lipinski definition) is 3. The molecule has 15 heavy (non-hydrogen) atoms. The lowest BCUT2D eigenvalue weighted by Crippen LogP contribution is -2.05. The largest absolute Gasteiger partial charge is 0.396 e. The van der Waals surface area contributed by atoms with Crippen LogP contribution in [0.1, 0.15) is 18.4 Å². The number of aliphatic hydroxyl groups excluding tert-OH is 1. The van der Waals surface area contributed by atoms with Gasteiger partial charge in [0, 0.05) is 18.8 Å². The highest BCUT2D eigenvalue weighted by Crippen LogP contribution is 2.11. The number of benzene rings is 1. The summed E-state index contributed by atoms with van der Waals surface area (Å²) in [6.45, 7) is 1.92. The number of hydrogen-bond donors (Lipinski definition) is 3. The SMILES string of the molecule is NCCCCNc1cccc(CCO)c1. The number of aliphatic hydroxyl groups is 1. The maximum absolute atomic E-state index is 8.82. The number of unbranched alkanes of at least 4 members (excludes halogenated alkanes) is 1. The first-order valence-electron chi connectivity index (χ1n) is 5.50. The molecule has 0 aliphatic rings. The van der Waals surface area contributed by atoms with E-state index in [0.29, 0.717) is 0 Å². The Hall–Kier alpha value is -1.06. The van der Waals surface area contributed by atoms with Crippen LogP contribution in [0, 0.1) is 0 Å². The fourth-order valence-electron chi connectivity index (χ4n) is 1.47. The van der Waals surface area contributed by atoms with Gasteiger partial charge in [-0.25, -0.2) is 0 Å². The normalized spacial score (nSPS) is 10.3. The van der Waals surface area contributed by atoms with Gasteiger partial charge in [0.1, 0.15) is 0 Å². The minimum absolute atomic E-state index is 0.205. The van der Waals surface area contributed by atoms with Gasteiger partial charge in [-0.2, -0.15) is 0 Å². The molecule has 4 N–H and O–H groups in total. The minimum atomic E-state index is 0.205. The molecule has 0 saturated heterocycles. The molecule has 0 aliphatic heterocycles. The second-order valence-corrected chi connectivity index (χ2v) is 3.60. The second-order valence-electron chi connectivity index (χ2n) is 3.60. The van der Waals surface area contributed by atoms with Gasteiger partial charge in [0.15, 0.2) is 0 Å². The van der Waals surface area contributed by atoms with E-state index in [1.165, 1.54) is 5.56 Å². The molecule has 0 saturated carbocycles. The molecule has 0 amide bonds. The third-order valence-corrected chi connectivity index (χ3v) is 2.29. The molecule has 1 rings (SSSR count). The Morgan fingerprint density at radius 2 is 2.13 bits per heavy atom. The van der Waals surface area contributed by atoms with E-state index in [2.05, 4.69) is 11.4 Å². The Kier molecular flexibility index (Phi) is 5.81. The van der Waals surface area contributed by atoms with Gasteiger partial charge in [0.2, 0.25) is 0 Å². The number of anilines is 1. The molecule has 1 aromatic carbocycles. The van der Waals surface area contributed by atoms with Gasteiger partial charge in [-0.05, 0) is 43.5 Å². The molecule has 84 valence electrons. The predicted molar refractivity (Wildman–Crippen MR) is 64.0 cm³/mol. The van der Waals surface area contributed by atoms with Crippen LogP contribution >= 0.6 is 0 Å². The van der Waals surface area contributed by atoms with Crippen molar-refractivity contribution >= 4 is 5.69 Å². The van der Waals surface area contributed by atoms with Crippen LogP contribution in [0.4, 0.5) is 5.69 Å². The van der Waals surface area contributed by atoms with E-state index in [1.807, 2.05) is 18.2 Å². The Morgan fingerprint density at radius 1 is 1.27 bits per heavy atom. The molecule has 0 unspecified atom stereocenters. The summed E-state index contributed by atoms with van der Waals surface area (Å²) in [6.07, 6.45) is 2.88. The second kappa shape index (κ2) is 7.26. The van der Waals surface area contributed by atoms with E-state index in [1.54, 1.807) is 0 Å². The van der Waals surface area contributed by atoms with Crippen LogP contribution in [-0.4, -0.2) is 24.8 Å². The van der Waals surface area contributed by atoms with Crippen molar-refractivity contribution in [3.63, 3.8) is 0 Å². The third kappa shape index (κ3) is 4.81. The molecule has 0 fully saturated rings. The number of rotatable bonds is 7. The topological polar surface area (TPSA) is 58.3 Å². The molecule has 1 aromatic rings. The molecule has 0 spiro atoms. The summed E-state index contributed by atoms with van der Waals surface area (Å²) in [6, 6.07) is 8.17. The Balaban J connectivity index is 2.36. The minimum Gasteiger partial charge on any atom is -0.396 e. The quantitative estimate of drug-likeness (QED) is 0.593. The van der Waals surface area contributed by atoms with Crippen LogP contribution in [0.3, 0.4) is 0 Å². The zero-order chi connectivity index (χ0) is 10.9. The molecular weight excluding hydrogens is 188 g/mol. The summed E-state index contributed by atoms with van der Waals surface area (Å²) in [5.74, 6) is 0. The highest BCUT2D eigenvalue weighted by molar-refractivity contribution is 5.45. The molecule has 3 heteroatoms. The first-order valence-corrected chi connectivity index (χ1v) is 5.50. The number of nitrogens with two attached hydrogens (primary N) is 1. The molecule has 0 radical (unpaired) electrons. The monoisotopic (exact) mass is 208 g/mol. The Labute approximate surface area is 91.3 Å². The van der Waals surface area contributed by atoms with Crippen molar-refractivity contribution < 1.29 is 5.11 Å². The highest BCUT2D eigenvalue weighted by Gasteiger charge is 1.94. The zero-order valence-electron chi connectivity index (χ0n) is 9.08. The first-order chi connectivity index (χ1) is 7.36. The van der Waals surface area contributed by atoms with Crippen molar-refractivity contribution in [1.82, 2.24) is 0 Å². The molecule has 0 aromatic heterocycles. The first kappa shape index (κ1) is 12.0. The van der Waals surface area contributed by atoms with Crippen LogP contribution in [0.5, 0.6) is 0 Å². The molecular formula is C12H20N2O. The fourth-order valence-corrected chi connectivity index (χ4v) is 1.47. The summed E-state index contributed by atoms with van der Waals surface area (Å²) in [5, 5.41) is 12.2. The van der Waals surface area contributed by atoms with Gasteiger partial charge < -0.3 is 16.2 Å². The van der Waals surface area contributed by atoms with E-state index in [0.717, 1.165) is 38.0 Å². The Bertz CT molecular complexity index is 276. The number of nitrogens with one attached hydrogen (secondary N) is 1. The van der Waals surface area contributed by atoms with E-state index < -0.39 is 0 Å². The van der Waals surface area contributed by atoms with E-state index in [9.17, 15) is 0 Å². The van der Waals surface area contributed by atoms with Crippen LogP contribution in [0.2, 0.25) is 0 Å². The van der Waals surface area contributed by atoms with Gasteiger partial charge in [-0.3, -0.25) is 0 Å². The summed E-state index contributed by atoms with van der Waals surface area (Å²) in [5.41, 5.74) is 7.71. The van der Waals surface area contributed by atoms with Gasteiger partial charge in [0.05, 0.1) is 0 Å². The van der Waals surface area contributed by atoms with Gasteiger partial charge in [0.25, 0.3) is 0 Å². The van der Waals surface area contributed by atoms with Gasteiger partial charge >= 0.3 is 0 Å². The van der Waals surface area contributed by atoms with E-state index in [4.69, 9.17) is 10.8 Å². The van der Waals surface area contributed by atoms with Crippen LogP contribution in [0.15, 0.2) is 24.3 Å². The maximum Gasteiger partial charge on any atom is 0.0471 e. The van der Waals surface area contributed by atoms with Crippen LogP contribution in [-0.2, 0) is 6.42 Å². The van der Waals surface area contributed by atoms with E-state index >= 15 is 0 Å². The van der Waals surface area contributed by atoms with Crippen molar-refractivity contribution in [2.75, 3.05) is 25.0 Å². The average Bonchev–Trinajstić information content (AvgIpc) is 2.26. The molecule has 3 nitrogen and oxygen atoms in total. The molecule has 0 bridgehead atoms. The maximum atomic E-state index is 8.82. The van der Waals surface area contributed by atoms with Crippen molar-refractivity contribution in [2.24, 2.45) is 5.73 Å². The predicted octanol–water partition coefficient (Wildman–Crippen LogP) is 1.37. The smallest absolute Gasteiger partial charge is 0.0471 e. The Morgan fingerprint density at radius 3 is 2.87 bits per heavy atom. The lowest BCUT2D eigenvalue weighted by Gasteiger charge is -2.07.